The minimum Gasteiger partial charge on any atom is -0.107 e. The molecule has 0 rings (SSSR count). The van der Waals surface area contributed by atoms with Crippen molar-refractivity contribution in [2.45, 2.75) is 20.3 Å². The molecular formula is C10H13Br. The van der Waals surface area contributed by atoms with Crippen LogP contribution < -0.4 is 0 Å². The summed E-state index contributed by atoms with van der Waals surface area (Å²) in [5.41, 5.74) is 0. The Labute approximate surface area is 77.5 Å². The van der Waals surface area contributed by atoms with Crippen LogP contribution in [0.1, 0.15) is 20.3 Å². The van der Waals surface area contributed by atoms with Gasteiger partial charge in [-0.1, -0.05) is 41.1 Å². The molecule has 0 N–H and O–H groups in total. The van der Waals surface area contributed by atoms with Gasteiger partial charge in [0.05, 0.1) is 0 Å². The number of hydrogen-bond acceptors (Lipinski definition) is 0. The second-order valence-electron chi connectivity index (χ2n) is 2.31. The van der Waals surface area contributed by atoms with E-state index in [0.29, 0.717) is 5.92 Å². The molecular weight excluding hydrogens is 200 g/mol. The van der Waals surface area contributed by atoms with E-state index in [4.69, 9.17) is 0 Å². The van der Waals surface area contributed by atoms with Crippen LogP contribution in [0.2, 0.25) is 0 Å². The molecule has 0 fully saturated rings. The van der Waals surface area contributed by atoms with Crippen molar-refractivity contribution in [1.82, 2.24) is 0 Å². The Morgan fingerprint density at radius 3 is 2.73 bits per heavy atom. The van der Waals surface area contributed by atoms with E-state index >= 15 is 0 Å². The highest BCUT2D eigenvalue weighted by Crippen LogP contribution is 2.02. The summed E-state index contributed by atoms with van der Waals surface area (Å²) >= 11 is 3.19. The summed E-state index contributed by atoms with van der Waals surface area (Å²) in [4.78, 5) is 1.84. The molecule has 0 amide bonds. The zero-order valence-corrected chi connectivity index (χ0v) is 8.56. The average molecular weight is 213 g/mol. The lowest BCUT2D eigenvalue weighted by molar-refractivity contribution is 0.759. The Hall–Kier alpha value is -0.480. The van der Waals surface area contributed by atoms with Gasteiger partial charge in [-0.2, -0.15) is 0 Å². The van der Waals surface area contributed by atoms with Crippen molar-refractivity contribution in [2.75, 3.05) is 0 Å². The van der Waals surface area contributed by atoms with Gasteiger partial charge in [0.15, 0.2) is 0 Å². The molecule has 1 atom stereocenters. The standard InChI is InChI=1S/C10H13Br/c1-3-4-7-10(2)8-5-6-9-11/h5-6,8-10H,7H2,1-2H3/b8-5+,9-6+/t10-/m1/s1. The van der Waals surface area contributed by atoms with Crippen molar-refractivity contribution in [2.24, 2.45) is 5.92 Å². The van der Waals surface area contributed by atoms with Gasteiger partial charge in [-0.05, 0) is 17.8 Å². The van der Waals surface area contributed by atoms with E-state index in [-0.39, 0.29) is 0 Å². The van der Waals surface area contributed by atoms with Gasteiger partial charge in [0.1, 0.15) is 0 Å². The molecule has 0 saturated heterocycles. The van der Waals surface area contributed by atoms with Crippen LogP contribution in [0.3, 0.4) is 0 Å². The molecule has 0 nitrogen and oxygen atoms in total. The molecule has 0 heterocycles. The molecule has 0 aromatic heterocycles. The number of halogens is 1. The lowest BCUT2D eigenvalue weighted by Crippen LogP contribution is -1.84. The number of rotatable bonds is 3. The summed E-state index contributed by atoms with van der Waals surface area (Å²) in [6, 6.07) is 0. The van der Waals surface area contributed by atoms with Crippen LogP contribution in [0.25, 0.3) is 0 Å². The Morgan fingerprint density at radius 1 is 1.45 bits per heavy atom. The van der Waals surface area contributed by atoms with E-state index in [1.54, 1.807) is 0 Å². The van der Waals surface area contributed by atoms with Crippen LogP contribution in [-0.2, 0) is 0 Å². The van der Waals surface area contributed by atoms with E-state index in [0.717, 1.165) is 6.42 Å². The van der Waals surface area contributed by atoms with Crippen molar-refractivity contribution < 1.29 is 0 Å². The first kappa shape index (κ1) is 10.5. The zero-order chi connectivity index (χ0) is 8.53. The largest absolute Gasteiger partial charge is 0.107 e. The molecule has 0 aliphatic carbocycles. The second kappa shape index (κ2) is 7.63. The summed E-state index contributed by atoms with van der Waals surface area (Å²) in [7, 11) is 0. The smallest absolute Gasteiger partial charge is 0.0149 e. The van der Waals surface area contributed by atoms with Crippen LogP contribution >= 0.6 is 15.9 Å². The molecule has 0 aliphatic heterocycles. The third-order valence-corrected chi connectivity index (χ3v) is 1.53. The first-order chi connectivity index (χ1) is 5.31. The van der Waals surface area contributed by atoms with Gasteiger partial charge in [-0.25, -0.2) is 0 Å². The second-order valence-corrected chi connectivity index (χ2v) is 2.84. The highest BCUT2D eigenvalue weighted by atomic mass is 79.9. The van der Waals surface area contributed by atoms with Gasteiger partial charge in [0, 0.05) is 6.42 Å². The highest BCUT2D eigenvalue weighted by molar-refractivity contribution is 9.11. The summed E-state index contributed by atoms with van der Waals surface area (Å²) < 4.78 is 0. The third-order valence-electron chi connectivity index (χ3n) is 1.22. The fourth-order valence-electron chi connectivity index (χ4n) is 0.627. The van der Waals surface area contributed by atoms with Gasteiger partial charge in [0.25, 0.3) is 0 Å². The molecule has 0 unspecified atom stereocenters. The van der Waals surface area contributed by atoms with Crippen LogP contribution in [-0.4, -0.2) is 0 Å². The fourth-order valence-corrected chi connectivity index (χ4v) is 0.803. The Morgan fingerprint density at radius 2 is 2.18 bits per heavy atom. The van der Waals surface area contributed by atoms with E-state index in [2.05, 4.69) is 40.8 Å². The lowest BCUT2D eigenvalue weighted by Gasteiger charge is -1.96. The van der Waals surface area contributed by atoms with E-state index in [9.17, 15) is 0 Å². The predicted molar refractivity (Wildman–Crippen MR) is 54.4 cm³/mol. The minimum absolute atomic E-state index is 0.547. The number of allylic oxidation sites excluding steroid dienone is 3. The zero-order valence-electron chi connectivity index (χ0n) is 6.97. The topological polar surface area (TPSA) is 0 Å². The average Bonchev–Trinajstić information content (AvgIpc) is 2.01. The van der Waals surface area contributed by atoms with Crippen molar-refractivity contribution >= 4 is 15.9 Å². The van der Waals surface area contributed by atoms with Gasteiger partial charge in [-0.3, -0.25) is 0 Å². The van der Waals surface area contributed by atoms with Crippen molar-refractivity contribution in [3.63, 3.8) is 0 Å². The van der Waals surface area contributed by atoms with Gasteiger partial charge < -0.3 is 0 Å². The normalized spacial score (nSPS) is 13.4. The molecule has 60 valence electrons. The quantitative estimate of drug-likeness (QED) is 0.497. The SMILES string of the molecule is CC#CC[C@@H](C)/C=C/C=C/Br. The van der Waals surface area contributed by atoms with Gasteiger partial charge in [-0.15, -0.1) is 11.8 Å². The van der Waals surface area contributed by atoms with E-state index < -0.39 is 0 Å². The van der Waals surface area contributed by atoms with Crippen LogP contribution in [0.15, 0.2) is 23.2 Å². The molecule has 0 saturated carbocycles. The van der Waals surface area contributed by atoms with Gasteiger partial charge in [0.2, 0.25) is 0 Å². The Balaban J connectivity index is 3.64. The molecule has 0 aliphatic rings. The first-order valence-corrected chi connectivity index (χ1v) is 4.56. The van der Waals surface area contributed by atoms with Crippen molar-refractivity contribution in [1.29, 1.82) is 0 Å². The van der Waals surface area contributed by atoms with Crippen LogP contribution in [0.4, 0.5) is 0 Å². The third kappa shape index (κ3) is 7.42. The Kier molecular flexibility index (Phi) is 7.29. The summed E-state index contributed by atoms with van der Waals surface area (Å²) in [5, 5.41) is 0. The monoisotopic (exact) mass is 212 g/mol. The summed E-state index contributed by atoms with van der Waals surface area (Å²) in [5.74, 6) is 6.46. The van der Waals surface area contributed by atoms with Crippen molar-refractivity contribution in [3.8, 4) is 11.8 Å². The molecule has 1 heteroatoms. The molecule has 0 aromatic rings. The van der Waals surface area contributed by atoms with Gasteiger partial charge >= 0.3 is 0 Å². The lowest BCUT2D eigenvalue weighted by atomic mass is 10.1. The van der Waals surface area contributed by atoms with E-state index in [1.807, 2.05) is 24.1 Å². The molecule has 0 radical (unpaired) electrons. The minimum atomic E-state index is 0.547. The maximum atomic E-state index is 3.19. The van der Waals surface area contributed by atoms with E-state index in [1.165, 1.54) is 0 Å². The predicted octanol–water partition coefficient (Wildman–Crippen LogP) is 3.50. The maximum Gasteiger partial charge on any atom is 0.0149 e. The molecule has 0 spiro atoms. The molecule has 0 aromatic carbocycles. The summed E-state index contributed by atoms with van der Waals surface area (Å²) in [6.45, 7) is 4.03. The first-order valence-electron chi connectivity index (χ1n) is 3.64. The van der Waals surface area contributed by atoms with Crippen molar-refractivity contribution in [3.05, 3.63) is 23.2 Å². The fraction of sp³-hybridized carbons (Fsp3) is 0.400. The summed E-state index contributed by atoms with van der Waals surface area (Å²) in [6.07, 6.45) is 7.07. The maximum absolute atomic E-state index is 3.19. The molecule has 0 bridgehead atoms. The highest BCUT2D eigenvalue weighted by Gasteiger charge is 1.89. The Bertz CT molecular complexity index is 191. The van der Waals surface area contributed by atoms with Crippen LogP contribution in [0.5, 0.6) is 0 Å². The number of hydrogen-bond donors (Lipinski definition) is 0. The van der Waals surface area contributed by atoms with Crippen LogP contribution in [0, 0.1) is 17.8 Å². The molecule has 11 heavy (non-hydrogen) atoms.